The minimum absolute atomic E-state index is 0.0831. The lowest BCUT2D eigenvalue weighted by Crippen LogP contribution is -2.40. The molecule has 12 heteroatoms. The number of hydrogen-bond acceptors (Lipinski definition) is 6. The zero-order valence-corrected chi connectivity index (χ0v) is 19.6. The molecule has 1 fully saturated rings. The largest absolute Gasteiger partial charge is 0.444 e. The highest BCUT2D eigenvalue weighted by Crippen LogP contribution is 2.41. The van der Waals surface area contributed by atoms with Crippen molar-refractivity contribution in [3.8, 4) is 6.07 Å². The fraction of sp³-hybridized carbons (Fsp3) is 0.619. The number of halogens is 2. The number of hydrogen-bond donors (Lipinski definition) is 3. The number of imidazole rings is 1. The van der Waals surface area contributed by atoms with Gasteiger partial charge < -0.3 is 10.1 Å². The Balaban J connectivity index is 1.91. The standard InChI is InChI=1S/C21H28F2N6O3S/c1-20(2,3)32-19(30)27-18(13-4-7-21(22,23)8-5-13)16-12-29-17(26-16)10-14(11-25-29)15(6-9-24)28-33-31/h10-13,15,18,33H,4-8H2,1-3H3,(H,27,30)(H,28,31)/t15-,18+/m1/s1. The van der Waals surface area contributed by atoms with Crippen molar-refractivity contribution in [3.63, 3.8) is 0 Å². The summed E-state index contributed by atoms with van der Waals surface area (Å²) in [5.41, 5.74) is 0.839. The smallest absolute Gasteiger partial charge is 0.408 e. The number of nitrogens with zero attached hydrogens (tertiary/aromatic N) is 4. The first-order chi connectivity index (χ1) is 15.5. The van der Waals surface area contributed by atoms with Crippen LogP contribution in [0.5, 0.6) is 0 Å². The molecule has 1 amide bonds. The maximum absolute atomic E-state index is 13.7. The highest BCUT2D eigenvalue weighted by molar-refractivity contribution is 7.63. The molecular formula is C21H28F2N6O3S. The van der Waals surface area contributed by atoms with Crippen LogP contribution in [0, 0.1) is 17.2 Å². The lowest BCUT2D eigenvalue weighted by atomic mass is 9.81. The third-order valence-corrected chi connectivity index (χ3v) is 5.91. The monoisotopic (exact) mass is 482 g/mol. The zero-order valence-electron chi connectivity index (χ0n) is 18.7. The minimum atomic E-state index is -2.70. The van der Waals surface area contributed by atoms with Crippen molar-refractivity contribution in [3.05, 3.63) is 29.7 Å². The summed E-state index contributed by atoms with van der Waals surface area (Å²) in [5, 5.41) is 16.1. The Bertz CT molecular complexity index is 1040. The predicted octanol–water partition coefficient (Wildman–Crippen LogP) is 3.53. The van der Waals surface area contributed by atoms with Gasteiger partial charge in [0, 0.05) is 12.8 Å². The van der Waals surface area contributed by atoms with Crippen molar-refractivity contribution in [2.45, 2.75) is 76.5 Å². The van der Waals surface area contributed by atoms with E-state index in [9.17, 15) is 17.8 Å². The molecule has 1 aliphatic carbocycles. The molecule has 2 atom stereocenters. The summed E-state index contributed by atoms with van der Waals surface area (Å²) in [7, 11) is 0. The number of thiol groups is 1. The quantitative estimate of drug-likeness (QED) is 0.519. The Labute approximate surface area is 194 Å². The average Bonchev–Trinajstić information content (AvgIpc) is 3.14. The van der Waals surface area contributed by atoms with E-state index >= 15 is 0 Å². The van der Waals surface area contributed by atoms with E-state index in [1.165, 1.54) is 10.7 Å². The van der Waals surface area contributed by atoms with Gasteiger partial charge in [-0.05, 0) is 51.2 Å². The van der Waals surface area contributed by atoms with Crippen molar-refractivity contribution < 1.29 is 22.5 Å². The second-order valence-electron chi connectivity index (χ2n) is 9.21. The second kappa shape index (κ2) is 10.1. The number of fused-ring (bicyclic) bond motifs is 1. The summed E-state index contributed by atoms with van der Waals surface area (Å²) in [6, 6.07) is 2.61. The van der Waals surface area contributed by atoms with Gasteiger partial charge in [0.15, 0.2) is 5.65 Å². The number of alkyl carbamates (subject to hydrolysis) is 1. The highest BCUT2D eigenvalue weighted by Gasteiger charge is 2.39. The summed E-state index contributed by atoms with van der Waals surface area (Å²) >= 11 is -0.313. The fourth-order valence-corrected chi connectivity index (χ4v) is 4.27. The van der Waals surface area contributed by atoms with Gasteiger partial charge in [-0.3, -0.25) is 0 Å². The number of amides is 1. The Morgan fingerprint density at radius 1 is 1.42 bits per heavy atom. The van der Waals surface area contributed by atoms with E-state index in [2.05, 4.69) is 20.1 Å². The van der Waals surface area contributed by atoms with E-state index in [1.54, 1.807) is 33.0 Å². The van der Waals surface area contributed by atoms with Crippen molar-refractivity contribution in [2.24, 2.45) is 5.92 Å². The van der Waals surface area contributed by atoms with Gasteiger partial charge in [-0.1, -0.05) is 0 Å². The topological polar surface area (TPSA) is 121 Å². The Hall–Kier alpha value is -2.65. The van der Waals surface area contributed by atoms with Gasteiger partial charge in [0.25, 0.3) is 0 Å². The third-order valence-electron chi connectivity index (χ3n) is 5.49. The van der Waals surface area contributed by atoms with Crippen LogP contribution in [0.15, 0.2) is 18.5 Å². The SMILES string of the molecule is CC(C)(C)OC(=O)N[C@H](c1cn2ncc([C@@H](CC#N)N[SH]=O)cc2n1)C1CCC(F)(F)CC1. The van der Waals surface area contributed by atoms with Crippen molar-refractivity contribution in [2.75, 3.05) is 0 Å². The third kappa shape index (κ3) is 6.68. The molecular weight excluding hydrogens is 454 g/mol. The van der Waals surface area contributed by atoms with Gasteiger partial charge in [0.1, 0.15) is 5.60 Å². The van der Waals surface area contributed by atoms with E-state index in [4.69, 9.17) is 10.00 Å². The highest BCUT2D eigenvalue weighted by atomic mass is 32.2. The molecule has 0 spiro atoms. The molecule has 0 saturated heterocycles. The minimum Gasteiger partial charge on any atom is -0.444 e. The number of nitriles is 1. The first-order valence-corrected chi connectivity index (χ1v) is 11.5. The second-order valence-corrected chi connectivity index (χ2v) is 9.65. The number of carbonyl (C=O) groups is 1. The number of carbonyl (C=O) groups excluding carboxylic acids is 1. The number of ether oxygens (including phenoxy) is 1. The summed E-state index contributed by atoms with van der Waals surface area (Å²) in [4.78, 5) is 17.1. The van der Waals surface area contributed by atoms with Crippen LogP contribution >= 0.6 is 0 Å². The first-order valence-electron chi connectivity index (χ1n) is 10.7. The summed E-state index contributed by atoms with van der Waals surface area (Å²) in [5.74, 6) is -2.94. The lowest BCUT2D eigenvalue weighted by Gasteiger charge is -2.33. The molecule has 0 radical (unpaired) electrons. The Kier molecular flexibility index (Phi) is 7.64. The van der Waals surface area contributed by atoms with E-state index in [1.807, 2.05) is 6.07 Å². The van der Waals surface area contributed by atoms with Crippen LogP contribution < -0.4 is 10.0 Å². The molecule has 180 valence electrons. The van der Waals surface area contributed by atoms with Crippen molar-refractivity contribution in [1.29, 1.82) is 5.26 Å². The van der Waals surface area contributed by atoms with Gasteiger partial charge in [-0.15, -0.1) is 0 Å². The predicted molar refractivity (Wildman–Crippen MR) is 118 cm³/mol. The molecule has 33 heavy (non-hydrogen) atoms. The van der Waals surface area contributed by atoms with E-state index in [-0.39, 0.29) is 49.9 Å². The molecule has 0 bridgehead atoms. The molecule has 2 aromatic heterocycles. The van der Waals surface area contributed by atoms with Gasteiger partial charge >= 0.3 is 6.09 Å². The van der Waals surface area contributed by atoms with Gasteiger partial charge in [0.2, 0.25) is 5.92 Å². The number of rotatable bonds is 7. The summed E-state index contributed by atoms with van der Waals surface area (Å²) in [6.45, 7) is 5.23. The average molecular weight is 483 g/mol. The lowest BCUT2D eigenvalue weighted by molar-refractivity contribution is -0.0500. The van der Waals surface area contributed by atoms with Crippen LogP contribution in [-0.2, 0) is 16.6 Å². The fourth-order valence-electron chi connectivity index (χ4n) is 3.91. The number of aromatic nitrogens is 3. The van der Waals surface area contributed by atoms with Crippen LogP contribution in [0.2, 0.25) is 0 Å². The summed E-state index contributed by atoms with van der Waals surface area (Å²) in [6.07, 6.45) is 2.57. The zero-order chi connectivity index (χ0) is 24.2. The molecule has 0 aromatic carbocycles. The molecule has 2 aromatic rings. The molecule has 1 aliphatic rings. The molecule has 9 nitrogen and oxygen atoms in total. The van der Waals surface area contributed by atoms with Crippen LogP contribution in [0.1, 0.15) is 76.2 Å². The molecule has 1 saturated carbocycles. The van der Waals surface area contributed by atoms with Gasteiger partial charge in [0.05, 0.1) is 54.5 Å². The maximum Gasteiger partial charge on any atom is 0.408 e. The van der Waals surface area contributed by atoms with Crippen molar-refractivity contribution in [1.82, 2.24) is 24.6 Å². The van der Waals surface area contributed by atoms with E-state index in [0.717, 1.165) is 0 Å². The maximum atomic E-state index is 13.7. The molecule has 2 N–H and O–H groups in total. The van der Waals surface area contributed by atoms with Crippen LogP contribution in [0.3, 0.4) is 0 Å². The van der Waals surface area contributed by atoms with Gasteiger partial charge in [-0.2, -0.15) is 10.4 Å². The Morgan fingerprint density at radius 3 is 2.73 bits per heavy atom. The van der Waals surface area contributed by atoms with Gasteiger partial charge in [-0.25, -0.2) is 32.0 Å². The molecule has 0 aliphatic heterocycles. The van der Waals surface area contributed by atoms with E-state index < -0.39 is 29.7 Å². The molecule has 2 heterocycles. The van der Waals surface area contributed by atoms with Crippen LogP contribution in [-0.4, -0.2) is 36.4 Å². The Morgan fingerprint density at radius 2 is 2.12 bits per heavy atom. The van der Waals surface area contributed by atoms with E-state index in [0.29, 0.717) is 16.9 Å². The van der Waals surface area contributed by atoms with Crippen LogP contribution in [0.4, 0.5) is 13.6 Å². The molecule has 0 unspecified atom stereocenters. The van der Waals surface area contributed by atoms with Crippen molar-refractivity contribution >= 4 is 23.6 Å². The number of nitrogens with one attached hydrogen (secondary N) is 2. The molecule has 3 rings (SSSR count). The van der Waals surface area contributed by atoms with Crippen LogP contribution in [0.25, 0.3) is 5.65 Å². The normalized spacial score (nSPS) is 18.4. The summed E-state index contributed by atoms with van der Waals surface area (Å²) < 4.78 is 48.0. The number of alkyl halides is 2. The first kappa shape index (κ1) is 25.0.